The summed E-state index contributed by atoms with van der Waals surface area (Å²) in [5.41, 5.74) is -0.0611. The van der Waals surface area contributed by atoms with Crippen LogP contribution < -0.4 is 10.2 Å². The van der Waals surface area contributed by atoms with Gasteiger partial charge in [-0.3, -0.25) is 4.79 Å². The van der Waals surface area contributed by atoms with Crippen molar-refractivity contribution >= 4 is 5.91 Å². The van der Waals surface area contributed by atoms with E-state index in [0.29, 0.717) is 6.54 Å². The van der Waals surface area contributed by atoms with Gasteiger partial charge in [0.25, 0.3) is 5.91 Å². The largest absolute Gasteiger partial charge is 0.346 e. The molecule has 0 atom stereocenters. The zero-order valence-electron chi connectivity index (χ0n) is 14.5. The molecule has 3 nitrogen and oxygen atoms in total. The van der Waals surface area contributed by atoms with Crippen LogP contribution in [0.25, 0.3) is 0 Å². The smallest absolute Gasteiger partial charge is 0.275 e. The number of carbonyl (C=O) groups is 1. The molecule has 0 bridgehead atoms. The number of unbranched alkanes of at least 4 members (excludes halogenated alkanes) is 5. The lowest BCUT2D eigenvalue weighted by Crippen LogP contribution is -3.12. The average molecular weight is 285 g/mol. The average Bonchev–Trinajstić information content (AvgIpc) is 2.39. The molecule has 0 heterocycles. The number of quaternary nitrogens is 1. The lowest BCUT2D eigenvalue weighted by molar-refractivity contribution is -0.888. The van der Waals surface area contributed by atoms with E-state index in [2.05, 4.69) is 39.9 Å². The highest BCUT2D eigenvalue weighted by Crippen LogP contribution is 2.15. The Kier molecular flexibility index (Phi) is 10.8. The Morgan fingerprint density at radius 3 is 2.05 bits per heavy atom. The third-order valence-corrected chi connectivity index (χ3v) is 4.04. The molecular weight excluding hydrogens is 248 g/mol. The molecule has 0 fully saturated rings. The summed E-state index contributed by atoms with van der Waals surface area (Å²) in [5.74, 6) is 0.194. The van der Waals surface area contributed by atoms with Gasteiger partial charge in [0.2, 0.25) is 0 Å². The van der Waals surface area contributed by atoms with E-state index in [-0.39, 0.29) is 11.4 Å². The summed E-state index contributed by atoms with van der Waals surface area (Å²) >= 11 is 0. The predicted molar refractivity (Wildman–Crippen MR) is 87.1 cm³/mol. The quantitative estimate of drug-likeness (QED) is 0.531. The van der Waals surface area contributed by atoms with Gasteiger partial charge in [-0.05, 0) is 34.1 Å². The van der Waals surface area contributed by atoms with E-state index < -0.39 is 0 Å². The van der Waals surface area contributed by atoms with E-state index in [9.17, 15) is 4.79 Å². The van der Waals surface area contributed by atoms with Crippen LogP contribution in [0.2, 0.25) is 0 Å². The maximum atomic E-state index is 12.0. The number of likely N-dealkylation sites (N-methyl/N-ethyl adjacent to an activating group) is 1. The topological polar surface area (TPSA) is 33.5 Å². The van der Waals surface area contributed by atoms with Gasteiger partial charge in [0.05, 0.1) is 13.1 Å². The molecule has 0 saturated heterocycles. The SMILES string of the molecule is CCCCCCCCC(C)(C)NC(=O)C[NH+](CC)CC. The van der Waals surface area contributed by atoms with Crippen molar-refractivity contribution in [3.05, 3.63) is 0 Å². The van der Waals surface area contributed by atoms with Crippen molar-refractivity contribution in [2.75, 3.05) is 19.6 Å². The normalized spacial score (nSPS) is 11.9. The molecule has 2 N–H and O–H groups in total. The number of amides is 1. The van der Waals surface area contributed by atoms with Gasteiger partial charge in [-0.2, -0.15) is 0 Å². The fraction of sp³-hybridized carbons (Fsp3) is 0.941. The fourth-order valence-corrected chi connectivity index (χ4v) is 2.56. The lowest BCUT2D eigenvalue weighted by Gasteiger charge is -2.27. The van der Waals surface area contributed by atoms with Crippen molar-refractivity contribution in [3.63, 3.8) is 0 Å². The highest BCUT2D eigenvalue weighted by Gasteiger charge is 2.21. The van der Waals surface area contributed by atoms with Crippen LogP contribution >= 0.6 is 0 Å². The molecule has 0 unspecified atom stereocenters. The second-order valence-electron chi connectivity index (χ2n) is 6.58. The zero-order valence-corrected chi connectivity index (χ0v) is 14.5. The summed E-state index contributed by atoms with van der Waals surface area (Å²) < 4.78 is 0. The molecule has 0 aromatic carbocycles. The third kappa shape index (κ3) is 10.2. The minimum Gasteiger partial charge on any atom is -0.346 e. The Morgan fingerprint density at radius 2 is 1.50 bits per heavy atom. The maximum absolute atomic E-state index is 12.0. The van der Waals surface area contributed by atoms with E-state index >= 15 is 0 Å². The monoisotopic (exact) mass is 285 g/mol. The number of carbonyl (C=O) groups excluding carboxylic acids is 1. The molecule has 0 aliphatic rings. The lowest BCUT2D eigenvalue weighted by atomic mass is 9.96. The van der Waals surface area contributed by atoms with Gasteiger partial charge in [0.15, 0.2) is 6.54 Å². The van der Waals surface area contributed by atoms with Gasteiger partial charge in [-0.25, -0.2) is 0 Å². The second-order valence-corrected chi connectivity index (χ2v) is 6.58. The van der Waals surface area contributed by atoms with Crippen molar-refractivity contribution < 1.29 is 9.69 Å². The van der Waals surface area contributed by atoms with Gasteiger partial charge in [-0.1, -0.05) is 45.4 Å². The molecule has 1 amide bonds. The molecular formula is C17H37N2O+. The van der Waals surface area contributed by atoms with Crippen LogP contribution in [-0.4, -0.2) is 31.1 Å². The van der Waals surface area contributed by atoms with Crippen molar-refractivity contribution in [1.82, 2.24) is 5.32 Å². The summed E-state index contributed by atoms with van der Waals surface area (Å²) in [5, 5.41) is 3.20. The van der Waals surface area contributed by atoms with Crippen LogP contribution in [0.1, 0.15) is 79.6 Å². The highest BCUT2D eigenvalue weighted by atomic mass is 16.2. The summed E-state index contributed by atoms with van der Waals surface area (Å²) in [4.78, 5) is 13.4. The van der Waals surface area contributed by atoms with E-state index in [0.717, 1.165) is 19.5 Å². The van der Waals surface area contributed by atoms with E-state index in [4.69, 9.17) is 0 Å². The Morgan fingerprint density at radius 1 is 0.950 bits per heavy atom. The number of rotatable bonds is 12. The Bertz CT molecular complexity index is 247. The Balaban J connectivity index is 3.84. The van der Waals surface area contributed by atoms with E-state index in [1.807, 2.05) is 0 Å². The minimum absolute atomic E-state index is 0.0611. The summed E-state index contributed by atoms with van der Waals surface area (Å²) in [6, 6.07) is 0. The first-order valence-electron chi connectivity index (χ1n) is 8.59. The molecule has 0 spiro atoms. The molecule has 0 aromatic rings. The first-order chi connectivity index (χ1) is 9.45. The van der Waals surface area contributed by atoms with Crippen molar-refractivity contribution in [2.45, 2.75) is 85.1 Å². The Labute approximate surface area is 126 Å². The van der Waals surface area contributed by atoms with Crippen molar-refractivity contribution in [2.24, 2.45) is 0 Å². The van der Waals surface area contributed by atoms with Crippen LogP contribution in [0, 0.1) is 0 Å². The van der Waals surface area contributed by atoms with Crippen LogP contribution in [-0.2, 0) is 4.79 Å². The van der Waals surface area contributed by atoms with Crippen LogP contribution in [0.3, 0.4) is 0 Å². The molecule has 0 rings (SSSR count). The molecule has 0 aromatic heterocycles. The van der Waals surface area contributed by atoms with Crippen LogP contribution in [0.4, 0.5) is 0 Å². The molecule has 0 aliphatic carbocycles. The molecule has 0 saturated carbocycles. The third-order valence-electron chi connectivity index (χ3n) is 4.04. The molecule has 120 valence electrons. The standard InChI is InChI=1S/C17H36N2O/c1-6-9-10-11-12-13-14-17(4,5)18-16(20)15-19(7-2)8-3/h6-15H2,1-5H3,(H,18,20)/p+1. The summed E-state index contributed by atoms with van der Waals surface area (Å²) in [6.45, 7) is 13.4. The van der Waals surface area contributed by atoms with Crippen LogP contribution in [0.15, 0.2) is 0 Å². The summed E-state index contributed by atoms with van der Waals surface area (Å²) in [6.07, 6.45) is 8.94. The van der Waals surface area contributed by atoms with Gasteiger partial charge in [0.1, 0.15) is 0 Å². The summed E-state index contributed by atoms with van der Waals surface area (Å²) in [7, 11) is 0. The number of hydrogen-bond donors (Lipinski definition) is 2. The number of hydrogen-bond acceptors (Lipinski definition) is 1. The van der Waals surface area contributed by atoms with Gasteiger partial charge in [0, 0.05) is 5.54 Å². The number of nitrogens with one attached hydrogen (secondary N) is 2. The van der Waals surface area contributed by atoms with E-state index in [1.165, 1.54) is 43.4 Å². The second kappa shape index (κ2) is 11.1. The zero-order chi connectivity index (χ0) is 15.4. The van der Waals surface area contributed by atoms with Gasteiger partial charge >= 0.3 is 0 Å². The highest BCUT2D eigenvalue weighted by molar-refractivity contribution is 5.77. The predicted octanol–water partition coefficient (Wildman–Crippen LogP) is 2.56. The Hall–Kier alpha value is -0.570. The molecule has 0 aliphatic heterocycles. The first-order valence-corrected chi connectivity index (χ1v) is 8.59. The van der Waals surface area contributed by atoms with Gasteiger partial charge in [-0.15, -0.1) is 0 Å². The fourth-order valence-electron chi connectivity index (χ4n) is 2.56. The first kappa shape index (κ1) is 19.4. The molecule has 20 heavy (non-hydrogen) atoms. The van der Waals surface area contributed by atoms with Crippen LogP contribution in [0.5, 0.6) is 0 Å². The van der Waals surface area contributed by atoms with Crippen molar-refractivity contribution in [1.29, 1.82) is 0 Å². The van der Waals surface area contributed by atoms with E-state index in [1.54, 1.807) is 0 Å². The van der Waals surface area contributed by atoms with Gasteiger partial charge < -0.3 is 10.2 Å². The maximum Gasteiger partial charge on any atom is 0.275 e. The molecule has 0 radical (unpaired) electrons. The van der Waals surface area contributed by atoms with Crippen molar-refractivity contribution in [3.8, 4) is 0 Å². The minimum atomic E-state index is -0.0611. The molecule has 3 heteroatoms.